The lowest BCUT2D eigenvalue weighted by atomic mass is 10.1. The largest absolute Gasteiger partial charge is 0.491 e. The Morgan fingerprint density at radius 2 is 1.95 bits per heavy atom. The third-order valence-corrected chi connectivity index (χ3v) is 3.17. The van der Waals surface area contributed by atoms with Crippen LogP contribution >= 0.6 is 0 Å². The topological polar surface area (TPSA) is 38.3 Å². The normalized spacial score (nSPS) is 10.2. The fourth-order valence-electron chi connectivity index (χ4n) is 2.00. The first-order valence-corrected chi connectivity index (χ1v) is 7.30. The van der Waals surface area contributed by atoms with E-state index >= 15 is 0 Å². The third-order valence-electron chi connectivity index (χ3n) is 3.17. The lowest BCUT2D eigenvalue weighted by Crippen LogP contribution is -2.13. The van der Waals surface area contributed by atoms with Gasteiger partial charge in [-0.3, -0.25) is 4.79 Å². The highest BCUT2D eigenvalue weighted by atomic mass is 16.5. The van der Waals surface area contributed by atoms with E-state index < -0.39 is 0 Å². The lowest BCUT2D eigenvalue weighted by Gasteiger charge is -2.12. The van der Waals surface area contributed by atoms with Crippen molar-refractivity contribution >= 4 is 11.6 Å². The van der Waals surface area contributed by atoms with Crippen LogP contribution in [0.15, 0.2) is 48.5 Å². The second kappa shape index (κ2) is 7.48. The number of amides is 1. The minimum absolute atomic E-state index is 0.120. The molecule has 0 spiro atoms. The minimum Gasteiger partial charge on any atom is -0.491 e. The summed E-state index contributed by atoms with van der Waals surface area (Å²) >= 11 is 0. The molecule has 0 heterocycles. The maximum atomic E-state index is 12.3. The third kappa shape index (κ3) is 4.35. The van der Waals surface area contributed by atoms with Crippen LogP contribution in [0.3, 0.4) is 0 Å². The van der Waals surface area contributed by atoms with Gasteiger partial charge >= 0.3 is 0 Å². The summed E-state index contributed by atoms with van der Waals surface area (Å²) in [4.78, 5) is 12.3. The zero-order valence-corrected chi connectivity index (χ0v) is 12.6. The molecule has 1 N–H and O–H groups in total. The summed E-state index contributed by atoms with van der Waals surface area (Å²) in [5.41, 5.74) is 2.42. The minimum atomic E-state index is -0.120. The van der Waals surface area contributed by atoms with E-state index in [4.69, 9.17) is 4.74 Å². The maximum absolute atomic E-state index is 12.3. The first-order valence-electron chi connectivity index (χ1n) is 7.30. The number of hydrogen-bond acceptors (Lipinski definition) is 2. The van der Waals surface area contributed by atoms with Crippen LogP contribution in [-0.4, -0.2) is 12.5 Å². The van der Waals surface area contributed by atoms with Crippen molar-refractivity contribution in [2.75, 3.05) is 11.9 Å². The number of ether oxygens (including phenoxy) is 1. The number of anilines is 1. The number of rotatable bonds is 6. The quantitative estimate of drug-likeness (QED) is 0.797. The van der Waals surface area contributed by atoms with Crippen LogP contribution in [0.25, 0.3) is 0 Å². The maximum Gasteiger partial charge on any atom is 0.255 e. The molecule has 21 heavy (non-hydrogen) atoms. The highest BCUT2D eigenvalue weighted by molar-refractivity contribution is 6.05. The molecule has 0 saturated carbocycles. The van der Waals surface area contributed by atoms with Crippen LogP contribution in [0, 0.1) is 6.92 Å². The van der Waals surface area contributed by atoms with Gasteiger partial charge in [0.05, 0.1) is 12.3 Å². The molecule has 110 valence electrons. The Bertz CT molecular complexity index is 608. The van der Waals surface area contributed by atoms with Crippen LogP contribution in [0.2, 0.25) is 0 Å². The molecule has 3 nitrogen and oxygen atoms in total. The average molecular weight is 283 g/mol. The van der Waals surface area contributed by atoms with Crippen molar-refractivity contribution in [1.29, 1.82) is 0 Å². The molecular formula is C18H21NO2. The van der Waals surface area contributed by atoms with Crippen LogP contribution < -0.4 is 10.1 Å². The number of benzene rings is 2. The molecule has 0 atom stereocenters. The van der Waals surface area contributed by atoms with Crippen LogP contribution in [0.5, 0.6) is 5.75 Å². The molecule has 0 radical (unpaired) electrons. The van der Waals surface area contributed by atoms with E-state index in [2.05, 4.69) is 12.2 Å². The van der Waals surface area contributed by atoms with Gasteiger partial charge in [-0.25, -0.2) is 0 Å². The monoisotopic (exact) mass is 283 g/mol. The summed E-state index contributed by atoms with van der Waals surface area (Å²) < 4.78 is 5.72. The molecule has 0 aromatic heterocycles. The zero-order chi connectivity index (χ0) is 15.1. The zero-order valence-electron chi connectivity index (χ0n) is 12.6. The fraction of sp³-hybridized carbons (Fsp3) is 0.278. The molecule has 0 fully saturated rings. The molecule has 2 aromatic rings. The summed E-state index contributed by atoms with van der Waals surface area (Å²) in [6.45, 7) is 4.75. The van der Waals surface area contributed by atoms with Crippen molar-refractivity contribution in [1.82, 2.24) is 0 Å². The van der Waals surface area contributed by atoms with Crippen molar-refractivity contribution in [3.8, 4) is 5.75 Å². The van der Waals surface area contributed by atoms with Gasteiger partial charge in [0, 0.05) is 5.56 Å². The molecule has 0 aliphatic carbocycles. The van der Waals surface area contributed by atoms with Crippen molar-refractivity contribution in [2.45, 2.75) is 26.7 Å². The molecule has 3 heteroatoms. The fourth-order valence-corrected chi connectivity index (χ4v) is 2.00. The van der Waals surface area contributed by atoms with E-state index in [-0.39, 0.29) is 5.91 Å². The number of aryl methyl sites for hydroxylation is 1. The van der Waals surface area contributed by atoms with Crippen molar-refractivity contribution in [3.05, 3.63) is 59.7 Å². The van der Waals surface area contributed by atoms with Crippen molar-refractivity contribution in [2.24, 2.45) is 0 Å². The summed E-state index contributed by atoms with van der Waals surface area (Å²) in [6.07, 6.45) is 2.08. The van der Waals surface area contributed by atoms with Gasteiger partial charge in [-0.2, -0.15) is 0 Å². The highest BCUT2D eigenvalue weighted by Crippen LogP contribution is 2.24. The van der Waals surface area contributed by atoms with Gasteiger partial charge in [0.15, 0.2) is 0 Å². The molecular weight excluding hydrogens is 262 g/mol. The SMILES string of the molecule is CCCCOc1ccccc1NC(=O)c1cccc(C)c1. The molecule has 0 aliphatic heterocycles. The van der Waals surface area contributed by atoms with Crippen LogP contribution in [0.1, 0.15) is 35.7 Å². The van der Waals surface area contributed by atoms with Crippen LogP contribution in [0.4, 0.5) is 5.69 Å². The molecule has 0 aliphatic rings. The Hall–Kier alpha value is -2.29. The van der Waals surface area contributed by atoms with Gasteiger partial charge < -0.3 is 10.1 Å². The number of unbranched alkanes of at least 4 members (excludes halogenated alkanes) is 1. The predicted molar refractivity (Wildman–Crippen MR) is 86.0 cm³/mol. The molecule has 0 saturated heterocycles. The Morgan fingerprint density at radius 3 is 2.71 bits per heavy atom. The summed E-state index contributed by atoms with van der Waals surface area (Å²) in [5.74, 6) is 0.595. The predicted octanol–water partition coefficient (Wildman–Crippen LogP) is 4.43. The molecule has 0 unspecified atom stereocenters. The number of carbonyl (C=O) groups is 1. The Kier molecular flexibility index (Phi) is 5.38. The number of carbonyl (C=O) groups excluding carboxylic acids is 1. The molecule has 0 bridgehead atoms. The number of nitrogens with one attached hydrogen (secondary N) is 1. The van der Waals surface area contributed by atoms with E-state index in [1.165, 1.54) is 0 Å². The molecule has 2 aromatic carbocycles. The van der Waals surface area contributed by atoms with Crippen molar-refractivity contribution < 1.29 is 9.53 Å². The van der Waals surface area contributed by atoms with Gasteiger partial charge in [0.1, 0.15) is 5.75 Å². The Balaban J connectivity index is 2.10. The average Bonchev–Trinajstić information content (AvgIpc) is 2.49. The van der Waals surface area contributed by atoms with Crippen LogP contribution in [-0.2, 0) is 0 Å². The van der Waals surface area contributed by atoms with Gasteiger partial charge in [-0.15, -0.1) is 0 Å². The smallest absolute Gasteiger partial charge is 0.255 e. The Labute approximate surface area is 126 Å². The number of hydrogen-bond donors (Lipinski definition) is 1. The van der Waals surface area contributed by atoms with E-state index in [0.717, 1.165) is 18.4 Å². The highest BCUT2D eigenvalue weighted by Gasteiger charge is 2.09. The number of para-hydroxylation sites is 2. The van der Waals surface area contributed by atoms with E-state index in [1.807, 2.05) is 55.5 Å². The lowest BCUT2D eigenvalue weighted by molar-refractivity contribution is 0.102. The van der Waals surface area contributed by atoms with E-state index in [9.17, 15) is 4.79 Å². The second-order valence-corrected chi connectivity index (χ2v) is 5.02. The summed E-state index contributed by atoms with van der Waals surface area (Å²) in [5, 5.41) is 2.92. The first kappa shape index (κ1) is 15.1. The summed E-state index contributed by atoms with van der Waals surface area (Å²) in [7, 11) is 0. The summed E-state index contributed by atoms with van der Waals surface area (Å²) in [6, 6.07) is 15.1. The van der Waals surface area contributed by atoms with Gasteiger partial charge in [0.25, 0.3) is 5.91 Å². The van der Waals surface area contributed by atoms with Gasteiger partial charge in [-0.05, 0) is 37.6 Å². The van der Waals surface area contributed by atoms with Crippen molar-refractivity contribution in [3.63, 3.8) is 0 Å². The van der Waals surface area contributed by atoms with E-state index in [1.54, 1.807) is 0 Å². The standard InChI is InChI=1S/C18H21NO2/c1-3-4-12-21-17-11-6-5-10-16(17)19-18(20)15-9-7-8-14(2)13-15/h5-11,13H,3-4,12H2,1-2H3,(H,19,20). The second-order valence-electron chi connectivity index (χ2n) is 5.02. The Morgan fingerprint density at radius 1 is 1.14 bits per heavy atom. The van der Waals surface area contributed by atoms with E-state index in [0.29, 0.717) is 23.6 Å². The van der Waals surface area contributed by atoms with Gasteiger partial charge in [-0.1, -0.05) is 43.2 Å². The first-order chi connectivity index (χ1) is 10.2. The molecule has 2 rings (SSSR count). The van der Waals surface area contributed by atoms with Gasteiger partial charge in [0.2, 0.25) is 0 Å². The molecule has 1 amide bonds.